The van der Waals surface area contributed by atoms with Gasteiger partial charge in [0.2, 0.25) is 10.0 Å². The molecule has 0 bridgehead atoms. The van der Waals surface area contributed by atoms with E-state index >= 15 is 0 Å². The van der Waals surface area contributed by atoms with Crippen LogP contribution in [0.5, 0.6) is 0 Å². The molecule has 0 radical (unpaired) electrons. The summed E-state index contributed by atoms with van der Waals surface area (Å²) in [5.74, 6) is -0.225. The van der Waals surface area contributed by atoms with E-state index in [0.29, 0.717) is 25.2 Å². The molecule has 0 saturated heterocycles. The number of nitrogens with zero attached hydrogens (tertiary/aromatic N) is 3. The second-order valence-corrected chi connectivity index (χ2v) is 7.64. The van der Waals surface area contributed by atoms with Crippen LogP contribution in [-0.4, -0.2) is 42.4 Å². The first-order valence-corrected chi connectivity index (χ1v) is 9.24. The number of nitrogens with one attached hydrogen (secondary N) is 1. The van der Waals surface area contributed by atoms with E-state index in [4.69, 9.17) is 0 Å². The van der Waals surface area contributed by atoms with Crippen LogP contribution >= 0.6 is 0 Å². The van der Waals surface area contributed by atoms with E-state index in [0.717, 1.165) is 11.9 Å². The Hall–Kier alpha value is -1.77. The molecule has 0 spiro atoms. The van der Waals surface area contributed by atoms with Gasteiger partial charge >= 0.3 is 0 Å². The predicted octanol–water partition coefficient (Wildman–Crippen LogP) is 1.13. The summed E-state index contributed by atoms with van der Waals surface area (Å²) in [6.45, 7) is 2.00. The van der Waals surface area contributed by atoms with Gasteiger partial charge in [0.1, 0.15) is 5.82 Å². The van der Waals surface area contributed by atoms with Gasteiger partial charge in [0.05, 0.1) is 18.0 Å². The van der Waals surface area contributed by atoms with Gasteiger partial charge in [-0.25, -0.2) is 17.5 Å². The van der Waals surface area contributed by atoms with Crippen molar-refractivity contribution in [3.63, 3.8) is 0 Å². The van der Waals surface area contributed by atoms with Gasteiger partial charge in [0.15, 0.2) is 0 Å². The molecule has 1 aromatic heterocycles. The van der Waals surface area contributed by atoms with Crippen LogP contribution in [0.4, 0.5) is 4.39 Å². The predicted molar refractivity (Wildman–Crippen MR) is 84.6 cm³/mol. The third kappa shape index (κ3) is 3.95. The maximum absolute atomic E-state index is 13.8. The second kappa shape index (κ2) is 6.38. The van der Waals surface area contributed by atoms with Crippen molar-refractivity contribution < 1.29 is 12.8 Å². The van der Waals surface area contributed by atoms with E-state index in [1.165, 1.54) is 6.07 Å². The highest BCUT2D eigenvalue weighted by atomic mass is 32.2. The third-order valence-electron chi connectivity index (χ3n) is 3.89. The summed E-state index contributed by atoms with van der Waals surface area (Å²) < 4.78 is 40.9. The molecule has 1 atom stereocenters. The van der Waals surface area contributed by atoms with Gasteiger partial charge in [0, 0.05) is 37.9 Å². The zero-order chi connectivity index (χ0) is 16.4. The van der Waals surface area contributed by atoms with Gasteiger partial charge in [-0.3, -0.25) is 9.58 Å². The quantitative estimate of drug-likeness (QED) is 0.887. The molecule has 8 heteroatoms. The first-order chi connectivity index (χ1) is 10.9. The second-order valence-electron chi connectivity index (χ2n) is 5.80. The van der Waals surface area contributed by atoms with E-state index in [1.54, 1.807) is 18.3 Å². The first-order valence-electron chi connectivity index (χ1n) is 7.35. The molecule has 2 aromatic rings. The number of sulfonamides is 1. The van der Waals surface area contributed by atoms with Gasteiger partial charge in [-0.1, -0.05) is 18.2 Å². The monoisotopic (exact) mass is 338 g/mol. The first kappa shape index (κ1) is 16.1. The molecule has 23 heavy (non-hydrogen) atoms. The van der Waals surface area contributed by atoms with Gasteiger partial charge in [0.25, 0.3) is 0 Å². The average Bonchev–Trinajstić information content (AvgIpc) is 2.95. The Balaban J connectivity index is 1.76. The Morgan fingerprint density at radius 1 is 1.35 bits per heavy atom. The molecule has 3 rings (SSSR count). The summed E-state index contributed by atoms with van der Waals surface area (Å²) >= 11 is 0. The highest BCUT2D eigenvalue weighted by Crippen LogP contribution is 2.22. The fraction of sp³-hybridized carbons (Fsp3) is 0.400. The Morgan fingerprint density at radius 2 is 2.13 bits per heavy atom. The van der Waals surface area contributed by atoms with Crippen LogP contribution in [-0.2, 0) is 23.1 Å². The Morgan fingerprint density at radius 3 is 2.87 bits per heavy atom. The van der Waals surface area contributed by atoms with E-state index in [9.17, 15) is 12.8 Å². The molecule has 1 aliphatic rings. The van der Waals surface area contributed by atoms with Crippen molar-refractivity contribution in [3.05, 3.63) is 53.6 Å². The normalized spacial score (nSPS) is 18.8. The Kier molecular flexibility index (Phi) is 4.47. The molecule has 124 valence electrons. The smallest absolute Gasteiger partial charge is 0.208 e. The minimum Gasteiger partial charge on any atom is -0.291 e. The Bertz CT molecular complexity index is 790. The van der Waals surface area contributed by atoms with Gasteiger partial charge < -0.3 is 0 Å². The maximum Gasteiger partial charge on any atom is 0.208 e. The zero-order valence-corrected chi connectivity index (χ0v) is 13.6. The number of fused-ring (bicyclic) bond motifs is 1. The lowest BCUT2D eigenvalue weighted by atomic mass is 10.1. The van der Waals surface area contributed by atoms with Crippen molar-refractivity contribution in [1.82, 2.24) is 19.4 Å². The molecular formula is C15H19FN4O2S. The molecule has 0 fully saturated rings. The van der Waals surface area contributed by atoms with Gasteiger partial charge in [-0.05, 0) is 12.1 Å². The topological polar surface area (TPSA) is 67.2 Å². The summed E-state index contributed by atoms with van der Waals surface area (Å²) in [5.41, 5.74) is 1.63. The lowest BCUT2D eigenvalue weighted by Gasteiger charge is -2.34. The fourth-order valence-electron chi connectivity index (χ4n) is 2.85. The highest BCUT2D eigenvalue weighted by molar-refractivity contribution is 7.88. The minimum absolute atomic E-state index is 0.116. The molecule has 1 aromatic carbocycles. The summed E-state index contributed by atoms with van der Waals surface area (Å²) in [7, 11) is -3.26. The van der Waals surface area contributed by atoms with Gasteiger partial charge in [-0.2, -0.15) is 5.10 Å². The number of aromatic nitrogens is 2. The van der Waals surface area contributed by atoms with Crippen LogP contribution in [0, 0.1) is 5.82 Å². The van der Waals surface area contributed by atoms with Crippen molar-refractivity contribution in [2.45, 2.75) is 19.1 Å². The molecule has 0 saturated carbocycles. The SMILES string of the molecule is CS(=O)(=O)NC[C@@H]1CN(Cc2ccccc2F)Cc2ccnn21. The van der Waals surface area contributed by atoms with Crippen LogP contribution in [0.15, 0.2) is 36.5 Å². The van der Waals surface area contributed by atoms with E-state index in [2.05, 4.69) is 14.7 Å². The molecule has 1 N–H and O–H groups in total. The van der Waals surface area contributed by atoms with Crippen molar-refractivity contribution in [3.8, 4) is 0 Å². The van der Waals surface area contributed by atoms with Crippen LogP contribution in [0.1, 0.15) is 17.3 Å². The summed E-state index contributed by atoms with van der Waals surface area (Å²) in [6.07, 6.45) is 2.84. The van der Waals surface area contributed by atoms with E-state index in [1.807, 2.05) is 16.8 Å². The molecule has 0 amide bonds. The van der Waals surface area contributed by atoms with Crippen LogP contribution in [0.2, 0.25) is 0 Å². The molecule has 1 aliphatic heterocycles. The minimum atomic E-state index is -3.26. The third-order valence-corrected chi connectivity index (χ3v) is 4.58. The van der Waals surface area contributed by atoms with Crippen molar-refractivity contribution in [2.24, 2.45) is 0 Å². The largest absolute Gasteiger partial charge is 0.291 e. The number of hydrogen-bond donors (Lipinski definition) is 1. The zero-order valence-electron chi connectivity index (χ0n) is 12.8. The number of benzene rings is 1. The number of rotatable bonds is 5. The summed E-state index contributed by atoms with van der Waals surface area (Å²) in [5, 5.41) is 4.28. The van der Waals surface area contributed by atoms with Crippen molar-refractivity contribution in [1.29, 1.82) is 0 Å². The summed E-state index contributed by atoms with van der Waals surface area (Å²) in [6, 6.07) is 8.49. The molecule has 6 nitrogen and oxygen atoms in total. The standard InChI is InChI=1S/C15H19FN4O2S/c1-23(21,22)18-8-14-11-19(10-13-6-7-17-20(13)14)9-12-4-2-3-5-15(12)16/h2-7,14,18H,8-11H2,1H3/t14-/m1/s1. The molecule has 0 aliphatic carbocycles. The molecular weight excluding hydrogens is 319 g/mol. The average molecular weight is 338 g/mol. The molecule has 2 heterocycles. The maximum atomic E-state index is 13.8. The van der Waals surface area contributed by atoms with Crippen molar-refractivity contribution in [2.75, 3.05) is 19.3 Å². The van der Waals surface area contributed by atoms with Gasteiger partial charge in [-0.15, -0.1) is 0 Å². The number of hydrogen-bond acceptors (Lipinski definition) is 4. The van der Waals surface area contributed by atoms with Crippen LogP contribution < -0.4 is 4.72 Å². The van der Waals surface area contributed by atoms with E-state index < -0.39 is 10.0 Å². The molecule has 0 unspecified atom stereocenters. The van der Waals surface area contributed by atoms with Crippen LogP contribution in [0.3, 0.4) is 0 Å². The van der Waals surface area contributed by atoms with Crippen molar-refractivity contribution >= 4 is 10.0 Å². The van der Waals surface area contributed by atoms with Crippen LogP contribution in [0.25, 0.3) is 0 Å². The lowest BCUT2D eigenvalue weighted by molar-refractivity contribution is 0.166. The van der Waals surface area contributed by atoms with E-state index in [-0.39, 0.29) is 18.4 Å². The lowest BCUT2D eigenvalue weighted by Crippen LogP contribution is -2.42. The Labute approximate surface area is 135 Å². The fourth-order valence-corrected chi connectivity index (χ4v) is 3.35. The number of halogens is 1. The summed E-state index contributed by atoms with van der Waals surface area (Å²) in [4.78, 5) is 2.10. The highest BCUT2D eigenvalue weighted by Gasteiger charge is 2.26.